The third-order valence-electron chi connectivity index (χ3n) is 3.31. The molecule has 0 N–H and O–H groups in total. The van der Waals surface area contributed by atoms with Crippen LogP contribution in [-0.4, -0.2) is 10.5 Å². The molecule has 0 fully saturated rings. The Hall–Kier alpha value is -2.68. The zero-order valence-electron chi connectivity index (χ0n) is 11.0. The van der Waals surface area contributed by atoms with Crippen molar-refractivity contribution in [1.82, 2.24) is 4.57 Å². The van der Waals surface area contributed by atoms with Gasteiger partial charge < -0.3 is 0 Å². The van der Waals surface area contributed by atoms with Crippen LogP contribution in [0.15, 0.2) is 65.5 Å². The van der Waals surface area contributed by atoms with Gasteiger partial charge in [-0.25, -0.2) is 4.57 Å². The number of carbonyl (C=O) groups excluding carboxylic acids is 1. The first-order valence-electron chi connectivity index (χ1n) is 6.39. The predicted molar refractivity (Wildman–Crippen MR) is 79.1 cm³/mol. The highest BCUT2D eigenvalue weighted by Gasteiger charge is 2.12. The monoisotopic (exact) mass is 263 g/mol. The molecule has 1 aromatic heterocycles. The maximum absolute atomic E-state index is 12.6. The highest BCUT2D eigenvalue weighted by molar-refractivity contribution is 6.01. The van der Waals surface area contributed by atoms with Crippen LogP contribution in [0.3, 0.4) is 0 Å². The van der Waals surface area contributed by atoms with Gasteiger partial charge in [0.05, 0.1) is 5.52 Å². The van der Waals surface area contributed by atoms with Gasteiger partial charge in [0.1, 0.15) is 0 Å². The summed E-state index contributed by atoms with van der Waals surface area (Å²) in [5, 5.41) is 0.868. The van der Waals surface area contributed by atoms with E-state index in [-0.39, 0.29) is 11.5 Å². The van der Waals surface area contributed by atoms with Crippen LogP contribution in [0.1, 0.15) is 15.9 Å². The van der Waals surface area contributed by atoms with E-state index in [1.165, 1.54) is 10.6 Å². The largest absolute Gasteiger partial charge is 0.269 e. The van der Waals surface area contributed by atoms with Crippen LogP contribution in [-0.2, 0) is 0 Å². The minimum atomic E-state index is -0.311. The standard InChI is InChI=1S/C17H13NO2/c1-12-6-8-14(9-7-12)17(20)18-15-5-3-2-4-13(15)10-11-16(18)19/h2-11H,1H3. The molecule has 0 saturated carbocycles. The summed E-state index contributed by atoms with van der Waals surface area (Å²) in [6.45, 7) is 1.96. The molecule has 0 aliphatic rings. The number of hydrogen-bond acceptors (Lipinski definition) is 2. The van der Waals surface area contributed by atoms with E-state index in [9.17, 15) is 9.59 Å². The van der Waals surface area contributed by atoms with E-state index < -0.39 is 0 Å². The average molecular weight is 263 g/mol. The molecule has 0 amide bonds. The van der Waals surface area contributed by atoms with Gasteiger partial charge in [0, 0.05) is 11.6 Å². The van der Waals surface area contributed by atoms with Crippen LogP contribution >= 0.6 is 0 Å². The molecule has 98 valence electrons. The van der Waals surface area contributed by atoms with E-state index in [4.69, 9.17) is 0 Å². The number of carbonyl (C=O) groups is 1. The van der Waals surface area contributed by atoms with Crippen molar-refractivity contribution >= 4 is 16.8 Å². The second-order valence-corrected chi connectivity index (χ2v) is 4.74. The van der Waals surface area contributed by atoms with Crippen LogP contribution < -0.4 is 5.56 Å². The lowest BCUT2D eigenvalue weighted by molar-refractivity contribution is 0.0961. The Morgan fingerprint density at radius 3 is 2.35 bits per heavy atom. The molecular weight excluding hydrogens is 250 g/mol. The molecule has 3 aromatic rings. The quantitative estimate of drug-likeness (QED) is 0.677. The topological polar surface area (TPSA) is 39.1 Å². The molecule has 0 atom stereocenters. The normalized spacial score (nSPS) is 10.7. The summed E-state index contributed by atoms with van der Waals surface area (Å²) in [5.74, 6) is -0.299. The fourth-order valence-electron chi connectivity index (χ4n) is 2.22. The Balaban J connectivity index is 2.23. The average Bonchev–Trinajstić information content (AvgIpc) is 2.47. The second kappa shape index (κ2) is 4.78. The van der Waals surface area contributed by atoms with Gasteiger partial charge in [-0.15, -0.1) is 0 Å². The van der Waals surface area contributed by atoms with Crippen molar-refractivity contribution in [2.24, 2.45) is 0 Å². The smallest absolute Gasteiger partial charge is 0.265 e. The van der Waals surface area contributed by atoms with E-state index in [2.05, 4.69) is 0 Å². The Kier molecular flexibility index (Phi) is 2.95. The predicted octanol–water partition coefficient (Wildman–Crippen LogP) is 3.00. The molecule has 0 bridgehead atoms. The maximum Gasteiger partial charge on any atom is 0.265 e. The molecule has 0 saturated heterocycles. The number of hydrogen-bond donors (Lipinski definition) is 0. The van der Waals surface area contributed by atoms with Crippen molar-refractivity contribution in [2.45, 2.75) is 6.92 Å². The van der Waals surface area contributed by atoms with Crippen molar-refractivity contribution in [2.75, 3.05) is 0 Å². The van der Waals surface area contributed by atoms with Crippen molar-refractivity contribution in [3.05, 3.63) is 82.1 Å². The number of fused-ring (bicyclic) bond motifs is 1. The fourth-order valence-corrected chi connectivity index (χ4v) is 2.22. The number of nitrogens with zero attached hydrogens (tertiary/aromatic N) is 1. The Labute approximate surface area is 116 Å². The molecule has 3 nitrogen and oxygen atoms in total. The van der Waals surface area contributed by atoms with E-state index >= 15 is 0 Å². The van der Waals surface area contributed by atoms with Crippen LogP contribution in [0.4, 0.5) is 0 Å². The van der Waals surface area contributed by atoms with Gasteiger partial charge in [-0.05, 0) is 36.6 Å². The van der Waals surface area contributed by atoms with Crippen molar-refractivity contribution in [1.29, 1.82) is 0 Å². The summed E-state index contributed by atoms with van der Waals surface area (Å²) in [4.78, 5) is 24.6. The van der Waals surface area contributed by atoms with E-state index in [0.717, 1.165) is 10.9 Å². The first-order chi connectivity index (χ1) is 9.66. The number of para-hydroxylation sites is 1. The molecular formula is C17H13NO2. The van der Waals surface area contributed by atoms with Crippen LogP contribution in [0, 0.1) is 6.92 Å². The summed E-state index contributed by atoms with van der Waals surface area (Å²) in [5.41, 5.74) is 1.90. The molecule has 3 heteroatoms. The summed E-state index contributed by atoms with van der Waals surface area (Å²) in [6, 6.07) is 17.7. The molecule has 1 heterocycles. The van der Waals surface area contributed by atoms with Gasteiger partial charge >= 0.3 is 0 Å². The highest BCUT2D eigenvalue weighted by atomic mass is 16.2. The highest BCUT2D eigenvalue weighted by Crippen LogP contribution is 2.13. The van der Waals surface area contributed by atoms with E-state index in [1.54, 1.807) is 24.3 Å². The lowest BCUT2D eigenvalue weighted by atomic mass is 10.1. The Bertz CT molecular complexity index is 845. The van der Waals surface area contributed by atoms with Crippen molar-refractivity contribution in [3.63, 3.8) is 0 Å². The summed E-state index contributed by atoms with van der Waals surface area (Å²) in [6.07, 6.45) is 0. The number of pyridine rings is 1. The second-order valence-electron chi connectivity index (χ2n) is 4.74. The number of aromatic nitrogens is 1. The SMILES string of the molecule is Cc1ccc(C(=O)n2c(=O)ccc3ccccc32)cc1. The Morgan fingerprint density at radius 2 is 1.60 bits per heavy atom. The third-order valence-corrected chi connectivity index (χ3v) is 3.31. The zero-order chi connectivity index (χ0) is 14.1. The number of rotatable bonds is 1. The molecule has 0 radical (unpaired) electrons. The molecule has 2 aromatic carbocycles. The molecule has 0 aliphatic heterocycles. The van der Waals surface area contributed by atoms with Gasteiger partial charge in [0.2, 0.25) is 0 Å². The molecule has 3 rings (SSSR count). The lowest BCUT2D eigenvalue weighted by Gasteiger charge is -2.08. The van der Waals surface area contributed by atoms with Crippen molar-refractivity contribution < 1.29 is 4.79 Å². The molecule has 0 aliphatic carbocycles. The minimum absolute atomic E-state index is 0.299. The Morgan fingerprint density at radius 1 is 0.900 bits per heavy atom. The lowest BCUT2D eigenvalue weighted by Crippen LogP contribution is -2.26. The first-order valence-corrected chi connectivity index (χ1v) is 6.39. The van der Waals surface area contributed by atoms with Crippen LogP contribution in [0.25, 0.3) is 10.9 Å². The fraction of sp³-hybridized carbons (Fsp3) is 0.0588. The molecule has 0 unspecified atom stereocenters. The first kappa shape index (κ1) is 12.4. The number of aryl methyl sites for hydroxylation is 1. The summed E-state index contributed by atoms with van der Waals surface area (Å²) < 4.78 is 1.22. The van der Waals surface area contributed by atoms with Gasteiger partial charge in [-0.3, -0.25) is 9.59 Å². The van der Waals surface area contributed by atoms with Gasteiger partial charge in [-0.1, -0.05) is 35.9 Å². The zero-order valence-corrected chi connectivity index (χ0v) is 11.0. The molecule has 20 heavy (non-hydrogen) atoms. The van der Waals surface area contributed by atoms with Gasteiger partial charge in [-0.2, -0.15) is 0 Å². The van der Waals surface area contributed by atoms with E-state index in [0.29, 0.717) is 11.1 Å². The third kappa shape index (κ3) is 2.03. The minimum Gasteiger partial charge on any atom is -0.269 e. The maximum atomic E-state index is 12.6. The van der Waals surface area contributed by atoms with Crippen LogP contribution in [0.2, 0.25) is 0 Å². The van der Waals surface area contributed by atoms with E-state index in [1.807, 2.05) is 37.3 Å². The number of benzene rings is 2. The van der Waals surface area contributed by atoms with Crippen molar-refractivity contribution in [3.8, 4) is 0 Å². The van der Waals surface area contributed by atoms with Crippen LogP contribution in [0.5, 0.6) is 0 Å². The van der Waals surface area contributed by atoms with Gasteiger partial charge in [0.15, 0.2) is 0 Å². The summed E-state index contributed by atoms with van der Waals surface area (Å²) >= 11 is 0. The molecule has 0 spiro atoms. The van der Waals surface area contributed by atoms with Gasteiger partial charge in [0.25, 0.3) is 11.5 Å². The summed E-state index contributed by atoms with van der Waals surface area (Å²) in [7, 11) is 0.